The standard InChI is InChI=1S/C13H23N5/c1-4-14-9-12-5-6-13(16-15-12)18-8-7-17(3)10-11(18)2/h5-6,11,14H,4,7-10H2,1-3H3. The molecule has 1 saturated heterocycles. The first-order chi connectivity index (χ1) is 8.70. The second kappa shape index (κ2) is 6.11. The van der Waals surface area contributed by atoms with Gasteiger partial charge >= 0.3 is 0 Å². The van der Waals surface area contributed by atoms with Gasteiger partial charge < -0.3 is 15.1 Å². The van der Waals surface area contributed by atoms with E-state index in [-0.39, 0.29) is 0 Å². The van der Waals surface area contributed by atoms with Gasteiger partial charge in [0.1, 0.15) is 0 Å². The molecule has 1 aromatic rings. The predicted molar refractivity (Wildman–Crippen MR) is 73.7 cm³/mol. The van der Waals surface area contributed by atoms with Crippen molar-refractivity contribution >= 4 is 5.82 Å². The fraction of sp³-hybridized carbons (Fsp3) is 0.692. The molecular weight excluding hydrogens is 226 g/mol. The van der Waals surface area contributed by atoms with Crippen molar-refractivity contribution in [2.45, 2.75) is 26.4 Å². The molecule has 2 heterocycles. The maximum atomic E-state index is 4.35. The molecule has 0 aliphatic carbocycles. The lowest BCUT2D eigenvalue weighted by atomic mass is 10.2. The normalized spacial score (nSPS) is 21.3. The molecule has 1 aliphatic rings. The predicted octanol–water partition coefficient (Wildman–Crippen LogP) is 0.726. The number of rotatable bonds is 4. The first-order valence-corrected chi connectivity index (χ1v) is 6.69. The minimum Gasteiger partial charge on any atom is -0.350 e. The van der Waals surface area contributed by atoms with Gasteiger partial charge in [-0.25, -0.2) is 0 Å². The van der Waals surface area contributed by atoms with E-state index in [9.17, 15) is 0 Å². The highest BCUT2D eigenvalue weighted by molar-refractivity contribution is 5.39. The molecule has 100 valence electrons. The molecule has 1 aromatic heterocycles. The van der Waals surface area contributed by atoms with Crippen LogP contribution in [0.4, 0.5) is 5.82 Å². The zero-order valence-corrected chi connectivity index (χ0v) is 11.6. The molecule has 1 atom stereocenters. The summed E-state index contributed by atoms with van der Waals surface area (Å²) < 4.78 is 0. The van der Waals surface area contributed by atoms with E-state index in [2.05, 4.69) is 58.3 Å². The van der Waals surface area contributed by atoms with Gasteiger partial charge in [0, 0.05) is 32.2 Å². The van der Waals surface area contributed by atoms with Gasteiger partial charge in [0.2, 0.25) is 0 Å². The summed E-state index contributed by atoms with van der Waals surface area (Å²) in [6.45, 7) is 9.28. The number of nitrogens with zero attached hydrogens (tertiary/aromatic N) is 4. The third-order valence-corrected chi connectivity index (χ3v) is 3.39. The highest BCUT2D eigenvalue weighted by Gasteiger charge is 2.22. The Hall–Kier alpha value is -1.20. The van der Waals surface area contributed by atoms with Crippen molar-refractivity contribution in [1.29, 1.82) is 0 Å². The van der Waals surface area contributed by atoms with Gasteiger partial charge in [-0.1, -0.05) is 6.92 Å². The third-order valence-electron chi connectivity index (χ3n) is 3.39. The minimum atomic E-state index is 0.498. The van der Waals surface area contributed by atoms with Crippen LogP contribution in [0.25, 0.3) is 0 Å². The Morgan fingerprint density at radius 3 is 2.78 bits per heavy atom. The zero-order chi connectivity index (χ0) is 13.0. The van der Waals surface area contributed by atoms with Gasteiger partial charge in [0.15, 0.2) is 5.82 Å². The Morgan fingerprint density at radius 1 is 1.33 bits per heavy atom. The highest BCUT2D eigenvalue weighted by Crippen LogP contribution is 2.16. The lowest BCUT2D eigenvalue weighted by Gasteiger charge is -2.38. The van der Waals surface area contributed by atoms with Crippen LogP contribution >= 0.6 is 0 Å². The van der Waals surface area contributed by atoms with Gasteiger partial charge in [-0.15, -0.1) is 5.10 Å². The molecule has 5 nitrogen and oxygen atoms in total. The quantitative estimate of drug-likeness (QED) is 0.852. The van der Waals surface area contributed by atoms with Gasteiger partial charge in [0.25, 0.3) is 0 Å². The van der Waals surface area contributed by atoms with Crippen LogP contribution < -0.4 is 10.2 Å². The van der Waals surface area contributed by atoms with E-state index < -0.39 is 0 Å². The van der Waals surface area contributed by atoms with E-state index >= 15 is 0 Å². The number of likely N-dealkylation sites (N-methyl/N-ethyl adjacent to an activating group) is 1. The fourth-order valence-electron chi connectivity index (χ4n) is 2.33. The average Bonchev–Trinajstić information content (AvgIpc) is 2.37. The average molecular weight is 249 g/mol. The summed E-state index contributed by atoms with van der Waals surface area (Å²) >= 11 is 0. The van der Waals surface area contributed by atoms with Gasteiger partial charge in [-0.05, 0) is 32.6 Å². The molecular formula is C13H23N5. The number of hydrogen-bond acceptors (Lipinski definition) is 5. The molecule has 0 spiro atoms. The minimum absolute atomic E-state index is 0.498. The first-order valence-electron chi connectivity index (χ1n) is 6.69. The number of hydrogen-bond donors (Lipinski definition) is 1. The highest BCUT2D eigenvalue weighted by atomic mass is 15.3. The number of aromatic nitrogens is 2. The smallest absolute Gasteiger partial charge is 0.151 e. The summed E-state index contributed by atoms with van der Waals surface area (Å²) in [6.07, 6.45) is 0. The number of piperazine rings is 1. The van der Waals surface area contributed by atoms with Crippen LogP contribution in [0.5, 0.6) is 0 Å². The Kier molecular flexibility index (Phi) is 4.49. The van der Waals surface area contributed by atoms with Crippen molar-refractivity contribution in [3.05, 3.63) is 17.8 Å². The second-order valence-corrected chi connectivity index (χ2v) is 4.97. The molecule has 0 bridgehead atoms. The summed E-state index contributed by atoms with van der Waals surface area (Å²) in [5.74, 6) is 0.996. The number of anilines is 1. The topological polar surface area (TPSA) is 44.3 Å². The van der Waals surface area contributed by atoms with E-state index in [4.69, 9.17) is 0 Å². The number of nitrogens with one attached hydrogen (secondary N) is 1. The maximum Gasteiger partial charge on any atom is 0.151 e. The van der Waals surface area contributed by atoms with Crippen LogP contribution in [0.3, 0.4) is 0 Å². The van der Waals surface area contributed by atoms with Crippen LogP contribution in [0.15, 0.2) is 12.1 Å². The van der Waals surface area contributed by atoms with Gasteiger partial charge in [-0.2, -0.15) is 5.10 Å². The molecule has 0 radical (unpaired) electrons. The summed E-state index contributed by atoms with van der Waals surface area (Å²) in [6, 6.07) is 4.65. The lowest BCUT2D eigenvalue weighted by molar-refractivity contribution is 0.274. The summed E-state index contributed by atoms with van der Waals surface area (Å²) in [7, 11) is 2.17. The maximum absolute atomic E-state index is 4.35. The Morgan fingerprint density at radius 2 is 2.17 bits per heavy atom. The monoisotopic (exact) mass is 249 g/mol. The lowest BCUT2D eigenvalue weighted by Crippen LogP contribution is -2.50. The molecule has 1 unspecified atom stereocenters. The Bertz CT molecular complexity index is 364. The molecule has 2 rings (SSSR count). The largest absolute Gasteiger partial charge is 0.350 e. The Labute approximate surface area is 109 Å². The van der Waals surface area contributed by atoms with E-state index in [1.165, 1.54) is 0 Å². The van der Waals surface area contributed by atoms with Crippen molar-refractivity contribution in [2.24, 2.45) is 0 Å². The van der Waals surface area contributed by atoms with Gasteiger partial charge in [0.05, 0.1) is 5.69 Å². The van der Waals surface area contributed by atoms with Crippen LogP contribution in [0, 0.1) is 0 Å². The molecule has 5 heteroatoms. The van der Waals surface area contributed by atoms with Crippen molar-refractivity contribution in [1.82, 2.24) is 20.4 Å². The Balaban J connectivity index is 2.00. The van der Waals surface area contributed by atoms with Gasteiger partial charge in [-0.3, -0.25) is 0 Å². The van der Waals surface area contributed by atoms with E-state index in [0.29, 0.717) is 6.04 Å². The second-order valence-electron chi connectivity index (χ2n) is 4.97. The fourth-order valence-corrected chi connectivity index (χ4v) is 2.33. The van der Waals surface area contributed by atoms with E-state index in [1.807, 2.05) is 0 Å². The zero-order valence-electron chi connectivity index (χ0n) is 11.6. The molecule has 1 fully saturated rings. The molecule has 0 amide bonds. The summed E-state index contributed by atoms with van der Waals surface area (Å²) in [5.41, 5.74) is 1.00. The molecule has 18 heavy (non-hydrogen) atoms. The van der Waals surface area contributed by atoms with Crippen molar-refractivity contribution in [3.8, 4) is 0 Å². The van der Waals surface area contributed by atoms with Crippen molar-refractivity contribution in [2.75, 3.05) is 38.1 Å². The third kappa shape index (κ3) is 3.17. The van der Waals surface area contributed by atoms with Crippen LogP contribution in [-0.2, 0) is 6.54 Å². The van der Waals surface area contributed by atoms with Crippen molar-refractivity contribution < 1.29 is 0 Å². The molecule has 0 saturated carbocycles. The molecule has 0 aromatic carbocycles. The SMILES string of the molecule is CCNCc1ccc(N2CCN(C)CC2C)nn1. The van der Waals surface area contributed by atoms with E-state index in [1.54, 1.807) is 0 Å². The molecule has 1 N–H and O–H groups in total. The summed E-state index contributed by atoms with van der Waals surface area (Å²) in [5, 5.41) is 11.9. The van der Waals surface area contributed by atoms with Crippen LogP contribution in [0.1, 0.15) is 19.5 Å². The van der Waals surface area contributed by atoms with E-state index in [0.717, 1.165) is 44.2 Å². The van der Waals surface area contributed by atoms with Crippen LogP contribution in [0.2, 0.25) is 0 Å². The van der Waals surface area contributed by atoms with Crippen LogP contribution in [-0.4, -0.2) is 54.4 Å². The molecule has 1 aliphatic heterocycles. The van der Waals surface area contributed by atoms with Crippen molar-refractivity contribution in [3.63, 3.8) is 0 Å². The summed E-state index contributed by atoms with van der Waals surface area (Å²) in [4.78, 5) is 4.69. The first kappa shape index (κ1) is 13.2.